The fourth-order valence-corrected chi connectivity index (χ4v) is 11.6. The molecule has 0 aromatic rings. The molecule has 35 heavy (non-hydrogen) atoms. The van der Waals surface area contributed by atoms with E-state index in [2.05, 4.69) is 47.2 Å². The van der Waals surface area contributed by atoms with Crippen LogP contribution in [0, 0.1) is 0 Å². The fraction of sp³-hybridized carbons (Fsp3) is 1.00. The molecule has 1 N–H and O–H groups in total. The van der Waals surface area contributed by atoms with Gasteiger partial charge in [-0.2, -0.15) is 5.75 Å². The van der Waals surface area contributed by atoms with Crippen LogP contribution in [0.3, 0.4) is 0 Å². The van der Waals surface area contributed by atoms with E-state index in [4.69, 9.17) is 17.7 Å². The zero-order chi connectivity index (χ0) is 27.3. The normalized spacial score (nSPS) is 10.7. The van der Waals surface area contributed by atoms with E-state index in [1.54, 1.807) is 17.7 Å². The molecule has 0 aliphatic heterocycles. The summed E-state index contributed by atoms with van der Waals surface area (Å²) in [5.41, 5.74) is -0.583. The zero-order valence-corrected chi connectivity index (χ0v) is 32.4. The number of unbranched alkanes of at least 4 members (excludes halogenated alkanes) is 13. The Bertz CT molecular complexity index is 257. The molecule has 0 aromatic carbocycles. The van der Waals surface area contributed by atoms with Crippen molar-refractivity contribution in [2.75, 3.05) is 5.75 Å². The van der Waals surface area contributed by atoms with E-state index in [1.807, 2.05) is 0 Å². The van der Waals surface area contributed by atoms with Gasteiger partial charge in [0.15, 0.2) is 0 Å². The Morgan fingerprint density at radius 2 is 0.714 bits per heavy atom. The molecule has 0 fully saturated rings. The summed E-state index contributed by atoms with van der Waals surface area (Å²) in [6, 6.07) is 0. The van der Waals surface area contributed by atoms with E-state index >= 15 is 0 Å². The van der Waals surface area contributed by atoms with Gasteiger partial charge >= 0.3 is 139 Å². The number of rotatable bonds is 22. The van der Waals surface area contributed by atoms with Crippen molar-refractivity contribution < 1.29 is 5.11 Å². The van der Waals surface area contributed by atoms with Gasteiger partial charge in [-0.25, -0.2) is 0 Å². The average molecular weight is 744 g/mol. The van der Waals surface area contributed by atoms with Crippen LogP contribution in [0.15, 0.2) is 0 Å². The van der Waals surface area contributed by atoms with Crippen LogP contribution in [0.5, 0.6) is 0 Å². The van der Waals surface area contributed by atoms with Crippen molar-refractivity contribution in [2.45, 2.75) is 180 Å². The van der Waals surface area contributed by atoms with Crippen LogP contribution in [0.1, 0.15) is 157 Å². The Morgan fingerprint density at radius 1 is 0.486 bits per heavy atom. The van der Waals surface area contributed by atoms with Gasteiger partial charge in [0.25, 0.3) is 0 Å². The zero-order valence-electron chi connectivity index (χ0n) is 25.1. The first-order valence-corrected chi connectivity index (χ1v) is 24.4. The molecule has 0 aromatic heterocycles. The molecule has 0 aliphatic carbocycles. The summed E-state index contributed by atoms with van der Waals surface area (Å²) in [4.78, 5) is 0. The van der Waals surface area contributed by atoms with Crippen molar-refractivity contribution in [1.82, 2.24) is 0 Å². The van der Waals surface area contributed by atoms with E-state index in [0.717, 1.165) is 5.75 Å². The molecule has 0 bridgehead atoms. The Hall–Kier alpha value is 2.26. The molecule has 0 amide bonds. The fourth-order valence-electron chi connectivity index (χ4n) is 3.05. The van der Waals surface area contributed by atoms with Crippen molar-refractivity contribution in [2.24, 2.45) is 0 Å². The first-order valence-electron chi connectivity index (χ1n) is 15.3. The predicted octanol–water partition coefficient (Wildman–Crippen LogP) is 10.6. The summed E-state index contributed by atoms with van der Waals surface area (Å²) in [7, 11) is 0. The van der Waals surface area contributed by atoms with Crippen LogP contribution in [0.25, 0.3) is 0 Å². The molecule has 0 saturated carbocycles. The molecule has 0 aliphatic rings. The summed E-state index contributed by atoms with van der Waals surface area (Å²) in [5, 5.41) is 7.87. The summed E-state index contributed by atoms with van der Waals surface area (Å²) < 4.78 is 6.50. The second-order valence-electron chi connectivity index (χ2n) is 9.40. The Balaban J connectivity index is -0.000000195. The molecule has 5 heteroatoms. The maximum absolute atomic E-state index is 7.87. The van der Waals surface area contributed by atoms with Crippen molar-refractivity contribution in [3.8, 4) is 0 Å². The second kappa shape index (κ2) is 49.2. The van der Waals surface area contributed by atoms with Gasteiger partial charge in [0, 0.05) is 0 Å². The monoisotopic (exact) mass is 746 g/mol. The van der Waals surface area contributed by atoms with Crippen molar-refractivity contribution in [3.05, 3.63) is 0 Å². The molecule has 1 atom stereocenters. The summed E-state index contributed by atoms with van der Waals surface area (Å²) in [6.45, 7) is 13.0. The van der Waals surface area contributed by atoms with Crippen LogP contribution < -0.4 is 0 Å². The number of hydrogen-bond donors (Lipinski definition) is 1. The number of hydrogen-bond acceptors (Lipinski definition) is 3. The summed E-state index contributed by atoms with van der Waals surface area (Å²) >= 11 is 9.38. The van der Waals surface area contributed by atoms with Crippen LogP contribution in [-0.2, 0) is 25.3 Å². The molecule has 0 saturated heterocycles. The molecule has 0 spiro atoms. The van der Waals surface area contributed by atoms with Gasteiger partial charge in [0.2, 0.25) is 0 Å². The molecular weight excluding hydrogens is 678 g/mol. The van der Waals surface area contributed by atoms with Crippen molar-refractivity contribution in [3.63, 3.8) is 0 Å². The van der Waals surface area contributed by atoms with Gasteiger partial charge in [-0.15, -0.1) is 0 Å². The molecule has 212 valence electrons. The van der Waals surface area contributed by atoms with Crippen LogP contribution in [0.2, 0.25) is 17.7 Å². The quantitative estimate of drug-likeness (QED) is 0.0677. The molecular formula is C30H66OS2Sn2. The molecule has 1 nitrogen and oxygen atoms in total. The van der Waals surface area contributed by atoms with Crippen molar-refractivity contribution >= 4 is 67.5 Å². The third-order valence-corrected chi connectivity index (χ3v) is 13.7. The molecule has 1 unspecified atom stereocenters. The van der Waals surface area contributed by atoms with Gasteiger partial charge in [-0.05, 0) is 0 Å². The van der Waals surface area contributed by atoms with Crippen LogP contribution >= 0.6 is 0 Å². The van der Waals surface area contributed by atoms with Gasteiger partial charge in [-0.1, -0.05) is 83.5 Å². The second-order valence-corrected chi connectivity index (χ2v) is 19.1. The summed E-state index contributed by atoms with van der Waals surface area (Å²) in [6.07, 6.45) is 25.7. The summed E-state index contributed by atoms with van der Waals surface area (Å²) in [5.74, 6) is 0.955. The number of aliphatic hydroxyl groups excluding tert-OH is 1. The van der Waals surface area contributed by atoms with Crippen LogP contribution in [0.4, 0.5) is 0 Å². The Kier molecular flexibility index (Phi) is 62.3. The third-order valence-electron chi connectivity index (χ3n) is 5.33. The maximum atomic E-state index is 7.87. The Morgan fingerprint density at radius 3 is 0.943 bits per heavy atom. The molecule has 2 radical (unpaired) electrons. The van der Waals surface area contributed by atoms with E-state index in [1.165, 1.54) is 122 Å². The molecule has 0 rings (SSSR count). The van der Waals surface area contributed by atoms with E-state index in [0.29, 0.717) is 0 Å². The van der Waals surface area contributed by atoms with Crippen molar-refractivity contribution in [1.29, 1.82) is 0 Å². The van der Waals surface area contributed by atoms with Gasteiger partial charge in [-0.3, -0.25) is 0 Å². The minimum absolute atomic E-state index is 0.149. The van der Waals surface area contributed by atoms with Crippen LogP contribution in [-0.4, -0.2) is 58.6 Å². The van der Waals surface area contributed by atoms with E-state index in [-0.39, 0.29) is 42.3 Å². The number of aliphatic hydroxyl groups is 1. The molecule has 0 heterocycles. The van der Waals surface area contributed by atoms with Gasteiger partial charge < -0.3 is 30.4 Å². The van der Waals surface area contributed by atoms with E-state index < -0.39 is 5.44 Å². The predicted molar refractivity (Wildman–Crippen MR) is 173 cm³/mol. The average Bonchev–Trinajstić information content (AvgIpc) is 2.83. The van der Waals surface area contributed by atoms with Gasteiger partial charge in [0.1, 0.15) is 0 Å². The SMILES string of the molecule is CC(O)[S-].CCCCCCCCCCCC[S-].CCC[CH2][Sn+][CH2]CCC.CCC[CH2][Sn+][CH2]CCC. The third kappa shape index (κ3) is 72.3. The first kappa shape index (κ1) is 44.3. The minimum atomic E-state index is -0.583. The standard InChI is InChI=1S/C12H26S.4C4H9.C2H6OS.2Sn/c1-2-3-4-5-6-7-8-9-10-11-12-13;4*1-3-4-2;1-2(3)4;;/h13H,2-12H2,1H3;4*1,3-4H2,2H3;2-4H,1H3;;/q;;;;;;2*+1/p-2. The first-order chi connectivity index (χ1) is 17.0. The topological polar surface area (TPSA) is 20.2 Å². The van der Waals surface area contributed by atoms with Gasteiger partial charge in [0.05, 0.1) is 0 Å². The van der Waals surface area contributed by atoms with E-state index in [9.17, 15) is 0 Å². The Labute approximate surface area is 256 Å².